The van der Waals surface area contributed by atoms with Crippen molar-refractivity contribution >= 4 is 11.8 Å². The molecule has 0 unspecified atom stereocenters. The molecule has 1 saturated heterocycles. The van der Waals surface area contributed by atoms with E-state index < -0.39 is 0 Å². The zero-order valence-electron chi connectivity index (χ0n) is 15.8. The summed E-state index contributed by atoms with van der Waals surface area (Å²) in [6.45, 7) is 6.23. The molecule has 0 atom stereocenters. The first-order chi connectivity index (χ1) is 12.6. The van der Waals surface area contributed by atoms with E-state index in [0.29, 0.717) is 24.2 Å². The Balaban J connectivity index is 1.77. The number of morpholine rings is 1. The summed E-state index contributed by atoms with van der Waals surface area (Å²) in [6.07, 6.45) is 0.889. The predicted molar refractivity (Wildman–Crippen MR) is 102 cm³/mol. The summed E-state index contributed by atoms with van der Waals surface area (Å²) in [7, 11) is 4.01. The molecule has 1 fully saturated rings. The molecule has 1 heterocycles. The zero-order chi connectivity index (χ0) is 18.8. The Kier molecular flexibility index (Phi) is 8.53. The summed E-state index contributed by atoms with van der Waals surface area (Å²) >= 11 is 0. The number of ether oxygens (including phenoxy) is 1. The van der Waals surface area contributed by atoms with Crippen LogP contribution in [0.5, 0.6) is 0 Å². The van der Waals surface area contributed by atoms with Crippen LogP contribution in [0.2, 0.25) is 0 Å². The SMILES string of the molecule is CN(C)CCCNC(=O)c1cccc(C(=O)NCCN2CCOCC2)c1. The van der Waals surface area contributed by atoms with Gasteiger partial charge in [-0.15, -0.1) is 0 Å². The van der Waals surface area contributed by atoms with Crippen LogP contribution in [0.3, 0.4) is 0 Å². The lowest BCUT2D eigenvalue weighted by molar-refractivity contribution is 0.0383. The predicted octanol–water partition coefficient (Wildman–Crippen LogP) is 0.430. The second-order valence-corrected chi connectivity index (χ2v) is 6.70. The van der Waals surface area contributed by atoms with Crippen molar-refractivity contribution in [2.24, 2.45) is 0 Å². The smallest absolute Gasteiger partial charge is 0.251 e. The third kappa shape index (κ3) is 7.11. The Bertz CT molecular complexity index is 586. The molecule has 0 saturated carbocycles. The van der Waals surface area contributed by atoms with Gasteiger partial charge in [0.2, 0.25) is 0 Å². The minimum atomic E-state index is -0.152. The van der Waals surface area contributed by atoms with Crippen LogP contribution in [0.15, 0.2) is 24.3 Å². The number of amides is 2. The van der Waals surface area contributed by atoms with Crippen molar-refractivity contribution in [2.45, 2.75) is 6.42 Å². The van der Waals surface area contributed by atoms with E-state index in [1.807, 2.05) is 14.1 Å². The molecule has 1 aromatic rings. The minimum absolute atomic E-state index is 0.147. The fourth-order valence-electron chi connectivity index (χ4n) is 2.76. The van der Waals surface area contributed by atoms with E-state index >= 15 is 0 Å². The lowest BCUT2D eigenvalue weighted by Gasteiger charge is -2.26. The summed E-state index contributed by atoms with van der Waals surface area (Å²) in [5.74, 6) is -0.299. The number of rotatable bonds is 9. The summed E-state index contributed by atoms with van der Waals surface area (Å²) in [4.78, 5) is 28.9. The van der Waals surface area contributed by atoms with E-state index in [0.717, 1.165) is 45.8 Å². The van der Waals surface area contributed by atoms with Gasteiger partial charge in [0.25, 0.3) is 11.8 Å². The van der Waals surface area contributed by atoms with Crippen molar-refractivity contribution in [3.63, 3.8) is 0 Å². The topological polar surface area (TPSA) is 73.9 Å². The van der Waals surface area contributed by atoms with E-state index in [1.54, 1.807) is 24.3 Å². The van der Waals surface area contributed by atoms with Gasteiger partial charge in [0, 0.05) is 43.9 Å². The zero-order valence-corrected chi connectivity index (χ0v) is 15.8. The fourth-order valence-corrected chi connectivity index (χ4v) is 2.76. The molecule has 144 valence electrons. The molecule has 0 radical (unpaired) electrons. The van der Waals surface area contributed by atoms with E-state index in [9.17, 15) is 9.59 Å². The molecule has 0 bridgehead atoms. The molecule has 2 N–H and O–H groups in total. The van der Waals surface area contributed by atoms with Crippen LogP contribution >= 0.6 is 0 Å². The number of carbonyl (C=O) groups is 2. The van der Waals surface area contributed by atoms with Crippen molar-refractivity contribution in [1.82, 2.24) is 20.4 Å². The third-order valence-corrected chi connectivity index (χ3v) is 4.27. The van der Waals surface area contributed by atoms with Crippen molar-refractivity contribution in [3.8, 4) is 0 Å². The van der Waals surface area contributed by atoms with Gasteiger partial charge in [-0.1, -0.05) is 6.07 Å². The Morgan fingerprint density at radius 2 is 1.69 bits per heavy atom. The number of carbonyl (C=O) groups excluding carboxylic acids is 2. The van der Waals surface area contributed by atoms with E-state index in [2.05, 4.69) is 20.4 Å². The van der Waals surface area contributed by atoms with Gasteiger partial charge in [-0.25, -0.2) is 0 Å². The molecule has 1 aliphatic heterocycles. The lowest BCUT2D eigenvalue weighted by atomic mass is 10.1. The van der Waals surface area contributed by atoms with Gasteiger partial charge >= 0.3 is 0 Å². The van der Waals surface area contributed by atoms with Crippen molar-refractivity contribution < 1.29 is 14.3 Å². The summed E-state index contributed by atoms with van der Waals surface area (Å²) in [5.41, 5.74) is 1.02. The van der Waals surface area contributed by atoms with Crippen LogP contribution in [-0.2, 0) is 4.74 Å². The van der Waals surface area contributed by atoms with Crippen LogP contribution in [0.25, 0.3) is 0 Å². The highest BCUT2D eigenvalue weighted by atomic mass is 16.5. The first-order valence-electron chi connectivity index (χ1n) is 9.17. The van der Waals surface area contributed by atoms with Gasteiger partial charge in [-0.05, 0) is 45.3 Å². The molecule has 1 aromatic carbocycles. The minimum Gasteiger partial charge on any atom is -0.379 e. The van der Waals surface area contributed by atoms with E-state index in [4.69, 9.17) is 4.74 Å². The van der Waals surface area contributed by atoms with E-state index in [-0.39, 0.29) is 11.8 Å². The average molecular weight is 362 g/mol. The van der Waals surface area contributed by atoms with Crippen LogP contribution in [0, 0.1) is 0 Å². The molecule has 2 rings (SSSR count). The van der Waals surface area contributed by atoms with Crippen LogP contribution in [-0.4, -0.2) is 88.2 Å². The second kappa shape index (κ2) is 10.9. The lowest BCUT2D eigenvalue weighted by Crippen LogP contribution is -2.41. The number of nitrogens with one attached hydrogen (secondary N) is 2. The normalized spacial score (nSPS) is 15.0. The first-order valence-corrected chi connectivity index (χ1v) is 9.17. The van der Waals surface area contributed by atoms with Crippen LogP contribution < -0.4 is 10.6 Å². The van der Waals surface area contributed by atoms with Gasteiger partial charge < -0.3 is 20.3 Å². The number of hydrogen-bond donors (Lipinski definition) is 2. The maximum Gasteiger partial charge on any atom is 0.251 e. The largest absolute Gasteiger partial charge is 0.379 e. The molecular formula is C19H30N4O3. The molecule has 0 aliphatic carbocycles. The van der Waals surface area contributed by atoms with Gasteiger partial charge in [0.1, 0.15) is 0 Å². The molecular weight excluding hydrogens is 332 g/mol. The van der Waals surface area contributed by atoms with Crippen LogP contribution in [0.4, 0.5) is 0 Å². The molecule has 7 heteroatoms. The highest BCUT2D eigenvalue weighted by Crippen LogP contribution is 2.06. The molecule has 0 aromatic heterocycles. The summed E-state index contributed by atoms with van der Waals surface area (Å²) < 4.78 is 5.31. The number of hydrogen-bond acceptors (Lipinski definition) is 5. The molecule has 0 spiro atoms. The van der Waals surface area contributed by atoms with Gasteiger partial charge in [0.05, 0.1) is 13.2 Å². The van der Waals surface area contributed by atoms with E-state index in [1.165, 1.54) is 0 Å². The first kappa shape index (κ1) is 20.4. The monoisotopic (exact) mass is 362 g/mol. The van der Waals surface area contributed by atoms with Crippen molar-refractivity contribution in [3.05, 3.63) is 35.4 Å². The maximum absolute atomic E-state index is 12.3. The summed E-state index contributed by atoms with van der Waals surface area (Å²) in [6, 6.07) is 6.84. The highest BCUT2D eigenvalue weighted by Gasteiger charge is 2.12. The average Bonchev–Trinajstić information content (AvgIpc) is 2.66. The highest BCUT2D eigenvalue weighted by molar-refractivity contribution is 5.99. The second-order valence-electron chi connectivity index (χ2n) is 6.70. The number of benzene rings is 1. The number of nitrogens with zero attached hydrogens (tertiary/aromatic N) is 2. The van der Waals surface area contributed by atoms with Gasteiger partial charge in [-0.2, -0.15) is 0 Å². The van der Waals surface area contributed by atoms with Crippen molar-refractivity contribution in [1.29, 1.82) is 0 Å². The maximum atomic E-state index is 12.3. The Morgan fingerprint density at radius 1 is 1.08 bits per heavy atom. The fraction of sp³-hybridized carbons (Fsp3) is 0.579. The quantitative estimate of drug-likeness (QED) is 0.623. The Labute approximate surface area is 155 Å². The standard InChI is InChI=1S/C19H30N4O3/c1-22(2)9-4-7-20-18(24)16-5-3-6-17(15-16)19(25)21-8-10-23-11-13-26-14-12-23/h3,5-6,15H,4,7-14H2,1-2H3,(H,20,24)(H,21,25). The van der Waals surface area contributed by atoms with Gasteiger partial charge in [0.15, 0.2) is 0 Å². The summed E-state index contributed by atoms with van der Waals surface area (Å²) in [5, 5.41) is 5.81. The Morgan fingerprint density at radius 3 is 2.31 bits per heavy atom. The van der Waals surface area contributed by atoms with Crippen LogP contribution in [0.1, 0.15) is 27.1 Å². The third-order valence-electron chi connectivity index (χ3n) is 4.27. The van der Waals surface area contributed by atoms with Crippen molar-refractivity contribution in [2.75, 3.05) is 66.6 Å². The molecule has 7 nitrogen and oxygen atoms in total. The Hall–Kier alpha value is -1.96. The molecule has 26 heavy (non-hydrogen) atoms. The molecule has 1 aliphatic rings. The molecule has 2 amide bonds. The van der Waals surface area contributed by atoms with Gasteiger partial charge in [-0.3, -0.25) is 14.5 Å².